The van der Waals surface area contributed by atoms with Gasteiger partial charge in [-0.05, 0) is 25.1 Å². The highest BCUT2D eigenvalue weighted by atomic mass is 79.9. The molecule has 1 aromatic carbocycles. The molecule has 0 saturated carbocycles. The van der Waals surface area contributed by atoms with E-state index in [1.54, 1.807) is 19.1 Å². The van der Waals surface area contributed by atoms with Crippen molar-refractivity contribution in [2.75, 3.05) is 18.0 Å². The second kappa shape index (κ2) is 5.41. The number of anilines is 1. The SMILES string of the molecule is CCN(CC(F)(F)F)c1cc(Br)cc(C#N)c1. The summed E-state index contributed by atoms with van der Waals surface area (Å²) < 4.78 is 37.6. The molecule has 2 nitrogen and oxygen atoms in total. The summed E-state index contributed by atoms with van der Waals surface area (Å²) in [5, 5.41) is 8.76. The van der Waals surface area contributed by atoms with Crippen molar-refractivity contribution < 1.29 is 13.2 Å². The molecule has 0 atom stereocenters. The van der Waals surface area contributed by atoms with Gasteiger partial charge in [-0.1, -0.05) is 15.9 Å². The van der Waals surface area contributed by atoms with Crippen molar-refractivity contribution >= 4 is 21.6 Å². The Balaban J connectivity index is 3.04. The average Bonchev–Trinajstić information content (AvgIpc) is 2.23. The summed E-state index contributed by atoms with van der Waals surface area (Å²) in [7, 11) is 0. The van der Waals surface area contributed by atoms with Gasteiger partial charge in [-0.25, -0.2) is 0 Å². The third-order valence-corrected chi connectivity index (χ3v) is 2.59. The van der Waals surface area contributed by atoms with Gasteiger partial charge in [0.2, 0.25) is 0 Å². The number of nitriles is 1. The Morgan fingerprint density at radius 3 is 2.47 bits per heavy atom. The fraction of sp³-hybridized carbons (Fsp3) is 0.364. The van der Waals surface area contributed by atoms with E-state index in [1.165, 1.54) is 11.0 Å². The summed E-state index contributed by atoms with van der Waals surface area (Å²) in [5.41, 5.74) is 0.714. The van der Waals surface area contributed by atoms with Gasteiger partial charge in [0.1, 0.15) is 6.54 Å². The first kappa shape index (κ1) is 13.8. The molecule has 1 aromatic rings. The van der Waals surface area contributed by atoms with E-state index in [-0.39, 0.29) is 6.54 Å². The minimum Gasteiger partial charge on any atom is -0.363 e. The van der Waals surface area contributed by atoms with Gasteiger partial charge in [0, 0.05) is 16.7 Å². The molecule has 0 aliphatic heterocycles. The van der Waals surface area contributed by atoms with Crippen molar-refractivity contribution in [2.24, 2.45) is 0 Å². The van der Waals surface area contributed by atoms with Gasteiger partial charge in [-0.2, -0.15) is 18.4 Å². The van der Waals surface area contributed by atoms with E-state index in [0.717, 1.165) is 0 Å². The van der Waals surface area contributed by atoms with Crippen LogP contribution in [0.25, 0.3) is 0 Å². The second-order valence-electron chi connectivity index (χ2n) is 3.44. The number of halogens is 4. The lowest BCUT2D eigenvalue weighted by atomic mass is 10.2. The molecule has 92 valence electrons. The molecule has 0 aliphatic rings. The third kappa shape index (κ3) is 4.27. The molecule has 0 heterocycles. The van der Waals surface area contributed by atoms with E-state index >= 15 is 0 Å². The van der Waals surface area contributed by atoms with Crippen molar-refractivity contribution in [3.05, 3.63) is 28.2 Å². The monoisotopic (exact) mass is 306 g/mol. The number of benzene rings is 1. The lowest BCUT2D eigenvalue weighted by molar-refractivity contribution is -0.119. The number of hydrogen-bond donors (Lipinski definition) is 0. The number of rotatable bonds is 3. The van der Waals surface area contributed by atoms with Gasteiger partial charge in [-0.3, -0.25) is 0 Å². The smallest absolute Gasteiger partial charge is 0.363 e. The Labute approximate surface area is 106 Å². The minimum atomic E-state index is -4.26. The van der Waals surface area contributed by atoms with Gasteiger partial charge in [0.25, 0.3) is 0 Å². The molecule has 0 N–H and O–H groups in total. The second-order valence-corrected chi connectivity index (χ2v) is 4.35. The summed E-state index contributed by atoms with van der Waals surface area (Å²) in [4.78, 5) is 1.17. The third-order valence-electron chi connectivity index (χ3n) is 2.13. The number of hydrogen-bond acceptors (Lipinski definition) is 2. The van der Waals surface area contributed by atoms with E-state index in [2.05, 4.69) is 15.9 Å². The average molecular weight is 307 g/mol. The topological polar surface area (TPSA) is 27.0 Å². The van der Waals surface area contributed by atoms with E-state index in [1.807, 2.05) is 6.07 Å². The van der Waals surface area contributed by atoms with Crippen LogP contribution in [0.4, 0.5) is 18.9 Å². The Hall–Kier alpha value is -1.22. The summed E-state index contributed by atoms with van der Waals surface area (Å²) in [6, 6.07) is 6.48. The van der Waals surface area contributed by atoms with E-state index < -0.39 is 12.7 Å². The number of nitrogens with zero attached hydrogens (tertiary/aromatic N) is 2. The molecule has 0 unspecified atom stereocenters. The van der Waals surface area contributed by atoms with Crippen LogP contribution in [0.1, 0.15) is 12.5 Å². The zero-order valence-corrected chi connectivity index (χ0v) is 10.6. The fourth-order valence-electron chi connectivity index (χ4n) is 1.42. The number of alkyl halides is 3. The molecular formula is C11H10BrF3N2. The van der Waals surface area contributed by atoms with Gasteiger partial charge >= 0.3 is 6.18 Å². The van der Waals surface area contributed by atoms with Crippen molar-refractivity contribution in [2.45, 2.75) is 13.1 Å². The quantitative estimate of drug-likeness (QED) is 0.851. The fourth-order valence-corrected chi connectivity index (χ4v) is 1.90. The zero-order chi connectivity index (χ0) is 13.1. The lowest BCUT2D eigenvalue weighted by Crippen LogP contribution is -2.34. The maximum atomic E-state index is 12.3. The van der Waals surface area contributed by atoms with Crippen LogP contribution in [-0.2, 0) is 0 Å². The molecule has 0 aliphatic carbocycles. The first-order valence-electron chi connectivity index (χ1n) is 4.88. The van der Waals surface area contributed by atoms with Crippen LogP contribution in [0.5, 0.6) is 0 Å². The van der Waals surface area contributed by atoms with Gasteiger partial charge < -0.3 is 4.90 Å². The summed E-state index contributed by atoms with van der Waals surface area (Å²) in [5.74, 6) is 0. The largest absolute Gasteiger partial charge is 0.405 e. The van der Waals surface area contributed by atoms with Gasteiger partial charge in [0.05, 0.1) is 11.6 Å². The Morgan fingerprint density at radius 1 is 1.35 bits per heavy atom. The predicted octanol–water partition coefficient (Wildman–Crippen LogP) is 3.71. The minimum absolute atomic E-state index is 0.223. The molecule has 0 fully saturated rings. The van der Waals surface area contributed by atoms with Crippen LogP contribution in [0.2, 0.25) is 0 Å². The molecule has 0 amide bonds. The zero-order valence-electron chi connectivity index (χ0n) is 9.05. The normalized spacial score (nSPS) is 11.1. The Morgan fingerprint density at radius 2 is 2.00 bits per heavy atom. The molecule has 0 aromatic heterocycles. The maximum Gasteiger partial charge on any atom is 0.405 e. The summed E-state index contributed by atoms with van der Waals surface area (Å²) in [6.45, 7) is 0.838. The highest BCUT2D eigenvalue weighted by Crippen LogP contribution is 2.26. The summed E-state index contributed by atoms with van der Waals surface area (Å²) in [6.07, 6.45) is -4.26. The Kier molecular flexibility index (Phi) is 4.40. The lowest BCUT2D eigenvalue weighted by Gasteiger charge is -2.24. The van der Waals surface area contributed by atoms with E-state index in [4.69, 9.17) is 5.26 Å². The molecule has 17 heavy (non-hydrogen) atoms. The van der Waals surface area contributed by atoms with Crippen LogP contribution in [0.15, 0.2) is 22.7 Å². The Bertz CT molecular complexity index is 437. The van der Waals surface area contributed by atoms with Crippen LogP contribution >= 0.6 is 15.9 Å². The van der Waals surface area contributed by atoms with Gasteiger partial charge in [-0.15, -0.1) is 0 Å². The van der Waals surface area contributed by atoms with Crippen LogP contribution in [-0.4, -0.2) is 19.3 Å². The summed E-state index contributed by atoms with van der Waals surface area (Å²) >= 11 is 3.17. The van der Waals surface area contributed by atoms with Crippen LogP contribution < -0.4 is 4.90 Å². The molecule has 0 bridgehead atoms. The molecule has 0 spiro atoms. The molecule has 0 radical (unpaired) electrons. The highest BCUT2D eigenvalue weighted by Gasteiger charge is 2.30. The maximum absolute atomic E-state index is 12.3. The van der Waals surface area contributed by atoms with Crippen molar-refractivity contribution in [3.8, 4) is 6.07 Å². The predicted molar refractivity (Wildman–Crippen MR) is 62.8 cm³/mol. The first-order valence-corrected chi connectivity index (χ1v) is 5.67. The molecule has 6 heteroatoms. The molecule has 1 rings (SSSR count). The standard InChI is InChI=1S/C11H10BrF3N2/c1-2-17(7-11(13,14)15)10-4-8(6-16)3-9(12)5-10/h3-5H,2,7H2,1H3. The molecule has 0 saturated heterocycles. The van der Waals surface area contributed by atoms with Crippen LogP contribution in [0.3, 0.4) is 0 Å². The van der Waals surface area contributed by atoms with Crippen molar-refractivity contribution in [1.82, 2.24) is 0 Å². The van der Waals surface area contributed by atoms with Gasteiger partial charge in [0.15, 0.2) is 0 Å². The molecular weight excluding hydrogens is 297 g/mol. The van der Waals surface area contributed by atoms with Crippen molar-refractivity contribution in [1.29, 1.82) is 5.26 Å². The van der Waals surface area contributed by atoms with E-state index in [0.29, 0.717) is 15.7 Å². The van der Waals surface area contributed by atoms with E-state index in [9.17, 15) is 13.2 Å². The first-order chi connectivity index (χ1) is 7.85. The van der Waals surface area contributed by atoms with Crippen molar-refractivity contribution in [3.63, 3.8) is 0 Å². The highest BCUT2D eigenvalue weighted by molar-refractivity contribution is 9.10. The van der Waals surface area contributed by atoms with Crippen LogP contribution in [0, 0.1) is 11.3 Å².